The second-order valence-corrected chi connectivity index (χ2v) is 7.80. The van der Waals surface area contributed by atoms with Gasteiger partial charge in [-0.2, -0.15) is 0 Å². The van der Waals surface area contributed by atoms with Crippen molar-refractivity contribution in [1.82, 2.24) is 0 Å². The molecule has 8 nitrogen and oxygen atoms in total. The van der Waals surface area contributed by atoms with E-state index in [1.165, 1.54) is 44.6 Å². The van der Waals surface area contributed by atoms with Crippen LogP contribution in [0, 0.1) is 0 Å². The molecule has 132 valence electrons. The molecule has 0 aliphatic carbocycles. The molecule has 0 bridgehead atoms. The number of esters is 2. The number of benzene rings is 2. The van der Waals surface area contributed by atoms with Crippen LogP contribution in [0.3, 0.4) is 0 Å². The Morgan fingerprint density at radius 2 is 1.50 bits per heavy atom. The van der Waals surface area contributed by atoms with Gasteiger partial charge in [0.1, 0.15) is 0 Å². The van der Waals surface area contributed by atoms with Gasteiger partial charge in [0, 0.05) is 0 Å². The molecule has 0 aliphatic rings. The first-order valence-electron chi connectivity index (χ1n) is 7.23. The topological polar surface area (TPSA) is 116 Å². The summed E-state index contributed by atoms with van der Waals surface area (Å²) in [6, 6.07) is 8.13. The molecule has 0 amide bonds. The molecule has 0 saturated heterocycles. The van der Waals surface area contributed by atoms with Crippen molar-refractivity contribution < 1.29 is 36.8 Å². The zero-order valence-electron chi connectivity index (χ0n) is 14.2. The van der Waals surface area contributed by atoms with E-state index in [1.54, 1.807) is 6.07 Å². The first-order chi connectivity index (χ1) is 12.2. The molecule has 2 rings (SSSR count). The van der Waals surface area contributed by atoms with Crippen LogP contribution in [-0.4, -0.2) is 67.1 Å². The van der Waals surface area contributed by atoms with E-state index in [2.05, 4.69) is 9.47 Å². The number of carbonyl (C=O) groups excluding carboxylic acids is 2. The van der Waals surface area contributed by atoms with Crippen molar-refractivity contribution in [1.29, 1.82) is 0 Å². The summed E-state index contributed by atoms with van der Waals surface area (Å²) in [5, 5.41) is 0. The van der Waals surface area contributed by atoms with Gasteiger partial charge < -0.3 is 0 Å². The van der Waals surface area contributed by atoms with E-state index >= 15 is 0 Å². The van der Waals surface area contributed by atoms with Gasteiger partial charge in [-0.3, -0.25) is 0 Å². The van der Waals surface area contributed by atoms with Gasteiger partial charge in [-0.25, -0.2) is 0 Å². The summed E-state index contributed by atoms with van der Waals surface area (Å²) >= 11 is 0.566. The summed E-state index contributed by atoms with van der Waals surface area (Å²) in [4.78, 5) is 23.2. The normalized spacial score (nSPS) is 11.0. The second-order valence-electron chi connectivity index (χ2n) is 5.26. The molecular formula is C16H13NaO8S. The van der Waals surface area contributed by atoms with Crippen LogP contribution in [0.4, 0.5) is 0 Å². The van der Waals surface area contributed by atoms with Gasteiger partial charge in [-0.15, -0.1) is 0 Å². The monoisotopic (exact) mass is 388 g/mol. The summed E-state index contributed by atoms with van der Waals surface area (Å²) in [6.07, 6.45) is 0. The third-order valence-corrected chi connectivity index (χ3v) is 4.85. The molecule has 0 atom stereocenters. The van der Waals surface area contributed by atoms with Crippen molar-refractivity contribution in [2.45, 2.75) is 4.90 Å². The van der Waals surface area contributed by atoms with E-state index in [0.717, 1.165) is 2.81 Å². The van der Waals surface area contributed by atoms with Gasteiger partial charge in [-0.1, -0.05) is 0 Å². The van der Waals surface area contributed by atoms with Crippen LogP contribution < -0.4 is 7.55 Å². The zero-order valence-corrected chi connectivity index (χ0v) is 17.0. The fourth-order valence-corrected chi connectivity index (χ4v) is 3.52. The van der Waals surface area contributed by atoms with Crippen molar-refractivity contribution >= 4 is 52.8 Å². The number of ether oxygens (including phenoxy) is 3. The number of hydrogen-bond acceptors (Lipinski definition) is 7. The SMILES string of the molecule is COC(=O)c1cc(Oc2cc[c]([Na])cc2S(=O)(=O)O)cc(C(=O)OC)c1. The molecule has 0 aromatic heterocycles. The fraction of sp³-hybridized carbons (Fsp3) is 0.125. The molecule has 2 aromatic rings. The Kier molecular flexibility index (Phi) is 6.43. The summed E-state index contributed by atoms with van der Waals surface area (Å²) in [7, 11) is -2.18. The Morgan fingerprint density at radius 1 is 0.962 bits per heavy atom. The molecule has 0 saturated carbocycles. The number of methoxy groups -OCH3 is 2. The zero-order chi connectivity index (χ0) is 19.5. The molecular weight excluding hydrogens is 375 g/mol. The second kappa shape index (κ2) is 8.19. The summed E-state index contributed by atoms with van der Waals surface area (Å²) < 4.78 is 48.1. The van der Waals surface area contributed by atoms with Crippen LogP contribution in [0.5, 0.6) is 11.5 Å². The third kappa shape index (κ3) is 4.83. The quantitative estimate of drug-likeness (QED) is 0.460. The average Bonchev–Trinajstić information content (AvgIpc) is 2.60. The van der Waals surface area contributed by atoms with Crippen LogP contribution in [0.2, 0.25) is 0 Å². The Morgan fingerprint density at radius 3 is 1.96 bits per heavy atom. The first kappa shape index (κ1) is 20.4. The van der Waals surface area contributed by atoms with E-state index in [1.807, 2.05) is 0 Å². The number of hydrogen-bond donors (Lipinski definition) is 1. The minimum absolute atomic E-state index is 0.000650. The van der Waals surface area contributed by atoms with Gasteiger partial charge in [0.2, 0.25) is 0 Å². The van der Waals surface area contributed by atoms with Crippen LogP contribution in [0.25, 0.3) is 0 Å². The number of rotatable bonds is 5. The average molecular weight is 388 g/mol. The van der Waals surface area contributed by atoms with Crippen molar-refractivity contribution in [3.05, 3.63) is 47.5 Å². The van der Waals surface area contributed by atoms with Gasteiger partial charge in [-0.05, 0) is 0 Å². The van der Waals surface area contributed by atoms with Gasteiger partial charge in [0.05, 0.1) is 0 Å². The molecule has 0 heterocycles. The van der Waals surface area contributed by atoms with Crippen LogP contribution in [-0.2, 0) is 19.6 Å². The van der Waals surface area contributed by atoms with Gasteiger partial charge in [0.15, 0.2) is 0 Å². The molecule has 0 fully saturated rings. The molecule has 0 spiro atoms. The summed E-state index contributed by atoms with van der Waals surface area (Å²) in [5.74, 6) is -1.58. The van der Waals surface area contributed by atoms with Gasteiger partial charge >= 0.3 is 168 Å². The van der Waals surface area contributed by atoms with Crippen molar-refractivity contribution in [2.24, 2.45) is 0 Å². The Balaban J connectivity index is 2.56. The molecule has 0 unspecified atom stereocenters. The third-order valence-electron chi connectivity index (χ3n) is 3.35. The first-order valence-corrected chi connectivity index (χ1v) is 9.67. The molecule has 26 heavy (non-hydrogen) atoms. The molecule has 0 aliphatic heterocycles. The molecule has 0 radical (unpaired) electrons. The van der Waals surface area contributed by atoms with Crippen molar-refractivity contribution in [2.75, 3.05) is 14.2 Å². The fourth-order valence-electron chi connectivity index (χ4n) is 2.16. The summed E-state index contributed by atoms with van der Waals surface area (Å²) in [6.45, 7) is 0. The van der Waals surface area contributed by atoms with E-state index < -0.39 is 27.0 Å². The predicted octanol–water partition coefficient (Wildman–Crippen LogP) is 1.09. The Labute approximate surface area is 167 Å². The molecule has 1 N–H and O–H groups in total. The number of carbonyl (C=O) groups is 2. The van der Waals surface area contributed by atoms with E-state index in [9.17, 15) is 22.6 Å². The Hall–Kier alpha value is -1.91. The maximum atomic E-state index is 11.8. The van der Waals surface area contributed by atoms with Crippen LogP contribution in [0.15, 0.2) is 41.3 Å². The van der Waals surface area contributed by atoms with E-state index in [4.69, 9.17) is 4.74 Å². The predicted molar refractivity (Wildman–Crippen MR) is 90.8 cm³/mol. The van der Waals surface area contributed by atoms with Gasteiger partial charge in [0.25, 0.3) is 0 Å². The Bertz CT molecular complexity index is 934. The van der Waals surface area contributed by atoms with Crippen molar-refractivity contribution in [3.63, 3.8) is 0 Å². The standard InChI is InChI=1S/C16H13O8S.Na/c1-22-15(17)10-7-11(16(18)23-2)9-12(8-10)24-13-5-3-4-6-14(13)25(19,20)21;/h3,5-9H,1-2H3,(H,19,20,21);. The van der Waals surface area contributed by atoms with Crippen LogP contribution >= 0.6 is 0 Å². The minimum atomic E-state index is -4.52. The van der Waals surface area contributed by atoms with E-state index in [0.29, 0.717) is 27.9 Å². The molecule has 2 aromatic carbocycles. The van der Waals surface area contributed by atoms with E-state index in [-0.39, 0.29) is 22.6 Å². The van der Waals surface area contributed by atoms with Crippen molar-refractivity contribution in [3.8, 4) is 11.5 Å². The maximum absolute atomic E-state index is 11.8. The summed E-state index contributed by atoms with van der Waals surface area (Å²) in [5.41, 5.74) is 0.0247. The molecule has 10 heteroatoms. The van der Waals surface area contributed by atoms with Crippen LogP contribution in [0.1, 0.15) is 20.7 Å².